The number of rotatable bonds is 1. The number of fused-ring (bicyclic) bond motifs is 2. The summed E-state index contributed by atoms with van der Waals surface area (Å²) in [5.41, 5.74) is 1.75. The highest BCUT2D eigenvalue weighted by atomic mass is 32.2. The predicted octanol–water partition coefficient (Wildman–Crippen LogP) is 4.60. The normalized spacial score (nSPS) is 26.4. The van der Waals surface area contributed by atoms with E-state index in [-0.39, 0.29) is 22.9 Å². The molecule has 0 saturated carbocycles. The minimum Gasteiger partial charge on any atom is -0.508 e. The number of hydrogen-bond acceptors (Lipinski definition) is 5. The van der Waals surface area contributed by atoms with Crippen LogP contribution in [0.2, 0.25) is 0 Å². The summed E-state index contributed by atoms with van der Waals surface area (Å²) in [6.45, 7) is 4.43. The van der Waals surface area contributed by atoms with Gasteiger partial charge in [-0.05, 0) is 44.2 Å². The molecule has 0 unspecified atom stereocenters. The lowest BCUT2D eigenvalue weighted by Crippen LogP contribution is -2.53. The molecule has 0 bridgehead atoms. The second-order valence-electron chi connectivity index (χ2n) is 7.74. The molecule has 0 amide bonds. The van der Waals surface area contributed by atoms with Gasteiger partial charge in [-0.25, -0.2) is 0 Å². The molecule has 0 fully saturated rings. The Kier molecular flexibility index (Phi) is 4.14. The standard InChI is InChI=1S/C21H24N2O2S/c1-20(2)13-21(23-19(22-20)26-3)12-18(14-7-5-4-6-8-14)25-17-11-15(24)9-10-16(17)21/h4-11,18,24H,12-13H2,1-3H3,(H,22,23)/t18-,21-/m1/s1. The van der Waals surface area contributed by atoms with Crippen molar-refractivity contribution in [3.63, 3.8) is 0 Å². The Morgan fingerprint density at radius 3 is 2.69 bits per heavy atom. The van der Waals surface area contributed by atoms with Crippen molar-refractivity contribution in [2.45, 2.75) is 43.9 Å². The fraction of sp³-hybridized carbons (Fsp3) is 0.381. The van der Waals surface area contributed by atoms with Gasteiger partial charge in [0.1, 0.15) is 17.6 Å². The van der Waals surface area contributed by atoms with Crippen LogP contribution in [-0.4, -0.2) is 22.1 Å². The van der Waals surface area contributed by atoms with Crippen molar-refractivity contribution in [1.82, 2.24) is 5.32 Å². The van der Waals surface area contributed by atoms with E-state index in [1.807, 2.05) is 30.5 Å². The smallest absolute Gasteiger partial charge is 0.157 e. The molecule has 4 nitrogen and oxygen atoms in total. The van der Waals surface area contributed by atoms with E-state index >= 15 is 0 Å². The lowest BCUT2D eigenvalue weighted by Gasteiger charge is -2.47. The highest BCUT2D eigenvalue weighted by molar-refractivity contribution is 8.13. The Bertz CT molecular complexity index is 850. The highest BCUT2D eigenvalue weighted by Gasteiger charge is 2.48. The maximum Gasteiger partial charge on any atom is 0.157 e. The summed E-state index contributed by atoms with van der Waals surface area (Å²) in [6.07, 6.45) is 3.61. The topological polar surface area (TPSA) is 53.9 Å². The van der Waals surface area contributed by atoms with Crippen molar-refractivity contribution in [1.29, 1.82) is 0 Å². The maximum atomic E-state index is 10.0. The number of amidine groups is 1. The van der Waals surface area contributed by atoms with Gasteiger partial charge in [0.25, 0.3) is 0 Å². The molecule has 4 rings (SSSR count). The van der Waals surface area contributed by atoms with Gasteiger partial charge in [-0.1, -0.05) is 42.1 Å². The van der Waals surface area contributed by atoms with Crippen LogP contribution < -0.4 is 10.1 Å². The summed E-state index contributed by atoms with van der Waals surface area (Å²) < 4.78 is 6.31. The molecule has 2 heterocycles. The minimum absolute atomic E-state index is 0.0756. The quantitative estimate of drug-likeness (QED) is 0.772. The second-order valence-corrected chi connectivity index (χ2v) is 8.54. The van der Waals surface area contributed by atoms with Crippen LogP contribution in [0.4, 0.5) is 0 Å². The lowest BCUT2D eigenvalue weighted by molar-refractivity contribution is 0.103. The van der Waals surface area contributed by atoms with E-state index in [2.05, 4.69) is 31.3 Å². The van der Waals surface area contributed by atoms with Crippen LogP contribution in [0.3, 0.4) is 0 Å². The molecule has 2 N–H and O–H groups in total. The molecule has 0 aromatic heterocycles. The first-order valence-corrected chi connectivity index (χ1v) is 10.1. The lowest BCUT2D eigenvalue weighted by atomic mass is 9.72. The SMILES string of the molecule is CSC1=N[C@]2(C[C@H](c3ccccc3)Oc3cc(O)ccc32)CC(C)(C)N1. The molecule has 2 aliphatic heterocycles. The van der Waals surface area contributed by atoms with Gasteiger partial charge in [-0.2, -0.15) is 0 Å². The number of nitrogens with zero attached hydrogens (tertiary/aromatic N) is 1. The van der Waals surface area contributed by atoms with Gasteiger partial charge in [-0.3, -0.25) is 4.99 Å². The average molecular weight is 369 g/mol. The van der Waals surface area contributed by atoms with Crippen LogP contribution in [0, 0.1) is 0 Å². The fourth-order valence-corrected chi connectivity index (χ4v) is 4.80. The largest absolute Gasteiger partial charge is 0.508 e. The molecular formula is C21H24N2O2S. The van der Waals surface area contributed by atoms with Crippen LogP contribution in [0.1, 0.15) is 43.9 Å². The number of nitrogens with one attached hydrogen (secondary N) is 1. The molecule has 2 aromatic rings. The Labute approximate surface area is 158 Å². The van der Waals surface area contributed by atoms with Crippen LogP contribution in [0.5, 0.6) is 11.5 Å². The zero-order chi connectivity index (χ0) is 18.4. The number of ether oxygens (including phenoxy) is 1. The van der Waals surface area contributed by atoms with Gasteiger partial charge >= 0.3 is 0 Å². The average Bonchev–Trinajstić information content (AvgIpc) is 2.60. The van der Waals surface area contributed by atoms with Crippen LogP contribution in [0.15, 0.2) is 53.5 Å². The van der Waals surface area contributed by atoms with E-state index in [0.29, 0.717) is 0 Å². The monoisotopic (exact) mass is 368 g/mol. The van der Waals surface area contributed by atoms with Crippen LogP contribution >= 0.6 is 11.8 Å². The zero-order valence-corrected chi connectivity index (χ0v) is 16.1. The van der Waals surface area contributed by atoms with Crippen molar-refractivity contribution in [3.05, 3.63) is 59.7 Å². The molecule has 136 valence electrons. The van der Waals surface area contributed by atoms with Gasteiger partial charge < -0.3 is 15.2 Å². The molecule has 0 saturated heterocycles. The van der Waals surface area contributed by atoms with Crippen molar-refractivity contribution in [2.75, 3.05) is 6.26 Å². The maximum absolute atomic E-state index is 10.0. The summed E-state index contributed by atoms with van der Waals surface area (Å²) in [5, 5.41) is 14.5. The fourth-order valence-electron chi connectivity index (χ4n) is 4.15. The first kappa shape index (κ1) is 17.3. The Morgan fingerprint density at radius 1 is 1.19 bits per heavy atom. The molecule has 2 atom stereocenters. The minimum atomic E-state index is -0.366. The number of phenols is 1. The van der Waals surface area contributed by atoms with Crippen LogP contribution in [-0.2, 0) is 5.54 Å². The molecule has 0 aliphatic carbocycles. The number of aromatic hydroxyl groups is 1. The van der Waals surface area contributed by atoms with E-state index in [9.17, 15) is 5.11 Å². The van der Waals surface area contributed by atoms with E-state index in [4.69, 9.17) is 9.73 Å². The zero-order valence-electron chi connectivity index (χ0n) is 15.3. The summed E-state index contributed by atoms with van der Waals surface area (Å²) in [4.78, 5) is 5.14. The molecule has 1 spiro atoms. The van der Waals surface area contributed by atoms with Gasteiger partial charge in [0.05, 0.1) is 5.54 Å². The van der Waals surface area contributed by atoms with E-state index < -0.39 is 0 Å². The van der Waals surface area contributed by atoms with E-state index in [1.54, 1.807) is 23.9 Å². The molecule has 0 radical (unpaired) electrons. The Hall–Kier alpha value is -2.14. The van der Waals surface area contributed by atoms with Gasteiger partial charge in [0, 0.05) is 23.6 Å². The molecule has 5 heteroatoms. The summed E-state index contributed by atoms with van der Waals surface area (Å²) in [5.74, 6) is 0.946. The van der Waals surface area contributed by atoms with Gasteiger partial charge in [0.2, 0.25) is 0 Å². The van der Waals surface area contributed by atoms with E-state index in [0.717, 1.165) is 34.9 Å². The predicted molar refractivity (Wildman–Crippen MR) is 107 cm³/mol. The van der Waals surface area contributed by atoms with Gasteiger partial charge in [-0.15, -0.1) is 0 Å². The molecular weight excluding hydrogens is 344 g/mol. The molecule has 26 heavy (non-hydrogen) atoms. The highest BCUT2D eigenvalue weighted by Crippen LogP contribution is 2.52. The molecule has 2 aliphatic rings. The third-order valence-corrected chi connectivity index (χ3v) is 5.70. The number of hydrogen-bond donors (Lipinski definition) is 2. The number of phenolic OH excluding ortho intramolecular Hbond substituents is 1. The van der Waals surface area contributed by atoms with Gasteiger partial charge in [0.15, 0.2) is 5.17 Å². The number of aliphatic imine (C=N–C) groups is 1. The molecule has 2 aromatic carbocycles. The first-order valence-electron chi connectivity index (χ1n) is 8.88. The Morgan fingerprint density at radius 2 is 1.96 bits per heavy atom. The van der Waals surface area contributed by atoms with E-state index in [1.165, 1.54) is 0 Å². The summed E-state index contributed by atoms with van der Waals surface area (Å²) in [7, 11) is 0. The van der Waals surface area contributed by atoms with Crippen molar-refractivity contribution in [2.24, 2.45) is 4.99 Å². The summed E-state index contributed by atoms with van der Waals surface area (Å²) in [6, 6.07) is 15.7. The second kappa shape index (κ2) is 6.23. The number of thioether (sulfide) groups is 1. The van der Waals surface area contributed by atoms with Crippen molar-refractivity contribution < 1.29 is 9.84 Å². The Balaban J connectivity index is 1.87. The summed E-state index contributed by atoms with van der Waals surface area (Å²) >= 11 is 1.64. The van der Waals surface area contributed by atoms with Crippen molar-refractivity contribution >= 4 is 16.9 Å². The first-order chi connectivity index (χ1) is 12.4. The van der Waals surface area contributed by atoms with Crippen LogP contribution in [0.25, 0.3) is 0 Å². The third-order valence-electron chi connectivity index (χ3n) is 5.12. The van der Waals surface area contributed by atoms with Crippen molar-refractivity contribution in [3.8, 4) is 11.5 Å². The number of benzene rings is 2. The third kappa shape index (κ3) is 3.05.